The lowest BCUT2D eigenvalue weighted by molar-refractivity contribution is 0.635. The van der Waals surface area contributed by atoms with Crippen molar-refractivity contribution in [2.75, 3.05) is 0 Å². The van der Waals surface area contributed by atoms with Crippen LogP contribution in [0.2, 0.25) is 0 Å². The zero-order valence-corrected chi connectivity index (χ0v) is 15.5. The van der Waals surface area contributed by atoms with Crippen molar-refractivity contribution in [3.05, 3.63) is 48.3 Å². The second-order valence-corrected chi connectivity index (χ2v) is 7.28. The maximum absolute atomic E-state index is 15.8. The highest BCUT2D eigenvalue weighted by Crippen LogP contribution is 2.43. The Morgan fingerprint density at radius 3 is 1.46 bits per heavy atom. The molecule has 0 fully saturated rings. The van der Waals surface area contributed by atoms with Crippen LogP contribution >= 0.6 is 23.5 Å². The summed E-state index contributed by atoms with van der Waals surface area (Å²) in [4.78, 5) is 5.99. The fourth-order valence-electron chi connectivity index (χ4n) is 3.62. The van der Waals surface area contributed by atoms with Crippen LogP contribution in [-0.2, 0) is 0 Å². The maximum atomic E-state index is 15.8. The molecular weight excluding hydrogens is 402 g/mol. The molecule has 2 N–H and O–H groups in total. The number of H-pyrrole nitrogens is 2. The molecule has 136 valence electrons. The van der Waals surface area contributed by atoms with Crippen molar-refractivity contribution < 1.29 is 8.78 Å². The first-order valence-corrected chi connectivity index (χ1v) is 9.70. The Labute approximate surface area is 163 Å². The summed E-state index contributed by atoms with van der Waals surface area (Å²) in [6.07, 6.45) is 3.39. The van der Waals surface area contributed by atoms with Crippen LogP contribution in [0.3, 0.4) is 0 Å². The predicted octanol–water partition coefficient (Wildman–Crippen LogP) is 5.12. The summed E-state index contributed by atoms with van der Waals surface area (Å²) in [6, 6.07) is 7.01. The standard InChI is InChI=1S/C18H8F2N6S2/c19-13-9(7-3-1-5-21-7)15-17(25-27-23-15)12-11(13)18-16(24-28-26-18)10(14(12)20)8-4-2-6-22-8/h1-6,21-22H. The second-order valence-electron chi connectivity index (χ2n) is 6.22. The number of hydrogen-bond donors (Lipinski definition) is 2. The minimum atomic E-state index is -0.590. The SMILES string of the molecule is Fc1c(-c2ccc[nH]2)c2nsnc2c2c(F)c(-c3ccc[nH]3)c3nsnc3c12. The summed E-state index contributed by atoms with van der Waals surface area (Å²) in [6.45, 7) is 0. The molecule has 4 heterocycles. The van der Waals surface area contributed by atoms with Crippen LogP contribution in [0.15, 0.2) is 36.7 Å². The molecule has 6 nitrogen and oxygen atoms in total. The van der Waals surface area contributed by atoms with E-state index in [-0.39, 0.29) is 21.9 Å². The van der Waals surface area contributed by atoms with E-state index in [1.54, 1.807) is 36.7 Å². The van der Waals surface area contributed by atoms with Gasteiger partial charge < -0.3 is 9.97 Å². The number of fused-ring (bicyclic) bond motifs is 5. The molecule has 0 amide bonds. The largest absolute Gasteiger partial charge is 0.361 e. The van der Waals surface area contributed by atoms with Crippen LogP contribution in [0.25, 0.3) is 55.4 Å². The van der Waals surface area contributed by atoms with Gasteiger partial charge in [-0.2, -0.15) is 17.5 Å². The molecule has 0 saturated heterocycles. The van der Waals surface area contributed by atoms with Crippen LogP contribution < -0.4 is 0 Å². The zero-order valence-electron chi connectivity index (χ0n) is 13.8. The first kappa shape index (κ1) is 15.8. The molecule has 10 heteroatoms. The van der Waals surface area contributed by atoms with E-state index in [2.05, 4.69) is 27.5 Å². The number of benzene rings is 2. The Balaban J connectivity index is 1.91. The van der Waals surface area contributed by atoms with Crippen LogP contribution in [0.4, 0.5) is 8.78 Å². The van der Waals surface area contributed by atoms with E-state index in [1.165, 1.54) is 0 Å². The highest BCUT2D eigenvalue weighted by atomic mass is 32.1. The lowest BCUT2D eigenvalue weighted by atomic mass is 9.96. The highest BCUT2D eigenvalue weighted by molar-refractivity contribution is 7.00. The molecule has 0 spiro atoms. The van der Waals surface area contributed by atoms with E-state index < -0.39 is 11.6 Å². The molecular formula is C18H8F2N6S2. The summed E-state index contributed by atoms with van der Waals surface area (Å²) < 4.78 is 48.6. The van der Waals surface area contributed by atoms with Gasteiger partial charge in [0.2, 0.25) is 0 Å². The summed E-state index contributed by atoms with van der Waals surface area (Å²) in [5, 5.41) is 0.141. The van der Waals surface area contributed by atoms with E-state index >= 15 is 8.78 Å². The predicted molar refractivity (Wildman–Crippen MR) is 105 cm³/mol. The van der Waals surface area contributed by atoms with Crippen LogP contribution in [0.1, 0.15) is 0 Å². The number of aromatic amines is 2. The van der Waals surface area contributed by atoms with Crippen LogP contribution in [0, 0.1) is 11.6 Å². The molecule has 0 saturated carbocycles. The lowest BCUT2D eigenvalue weighted by Crippen LogP contribution is -1.97. The van der Waals surface area contributed by atoms with Gasteiger partial charge in [0.15, 0.2) is 0 Å². The topological polar surface area (TPSA) is 83.1 Å². The molecule has 4 aromatic heterocycles. The Hall–Kier alpha value is -3.24. The fourth-order valence-corrected chi connectivity index (χ4v) is 4.74. The summed E-state index contributed by atoms with van der Waals surface area (Å²) >= 11 is 1.84. The monoisotopic (exact) mass is 410 g/mol. The normalized spacial score (nSPS) is 11.9. The molecule has 0 bridgehead atoms. The Kier molecular flexibility index (Phi) is 3.17. The number of aromatic nitrogens is 6. The summed E-state index contributed by atoms with van der Waals surface area (Å²) in [7, 11) is 0. The third kappa shape index (κ3) is 1.93. The average Bonchev–Trinajstić information content (AvgIpc) is 3.47. The first-order chi connectivity index (χ1) is 13.8. The van der Waals surface area contributed by atoms with E-state index in [0.717, 1.165) is 23.5 Å². The van der Waals surface area contributed by atoms with Crippen molar-refractivity contribution >= 4 is 56.3 Å². The second kappa shape index (κ2) is 5.63. The highest BCUT2D eigenvalue weighted by Gasteiger charge is 2.28. The number of rotatable bonds is 2. The van der Waals surface area contributed by atoms with Crippen molar-refractivity contribution in [2.45, 2.75) is 0 Å². The molecule has 0 radical (unpaired) electrons. The van der Waals surface area contributed by atoms with Gasteiger partial charge in [-0.1, -0.05) is 0 Å². The lowest BCUT2D eigenvalue weighted by Gasteiger charge is -2.11. The van der Waals surface area contributed by atoms with Gasteiger partial charge in [-0.3, -0.25) is 0 Å². The molecule has 2 aromatic carbocycles. The van der Waals surface area contributed by atoms with Crippen molar-refractivity contribution in [3.63, 3.8) is 0 Å². The van der Waals surface area contributed by atoms with Gasteiger partial charge in [0.05, 0.1) is 56.7 Å². The molecule has 28 heavy (non-hydrogen) atoms. The quantitative estimate of drug-likeness (QED) is 0.415. The molecule has 0 unspecified atom stereocenters. The van der Waals surface area contributed by atoms with E-state index in [4.69, 9.17) is 0 Å². The van der Waals surface area contributed by atoms with Gasteiger partial charge >= 0.3 is 0 Å². The van der Waals surface area contributed by atoms with Gasteiger partial charge in [-0.25, -0.2) is 8.78 Å². The zero-order chi connectivity index (χ0) is 18.8. The fraction of sp³-hybridized carbons (Fsp3) is 0. The van der Waals surface area contributed by atoms with E-state index in [0.29, 0.717) is 33.5 Å². The Morgan fingerprint density at radius 2 is 1.07 bits per heavy atom. The van der Waals surface area contributed by atoms with Crippen molar-refractivity contribution in [2.24, 2.45) is 0 Å². The van der Waals surface area contributed by atoms with Crippen molar-refractivity contribution in [1.29, 1.82) is 0 Å². The van der Waals surface area contributed by atoms with Gasteiger partial charge in [-0.05, 0) is 24.3 Å². The minimum absolute atomic E-state index is 0.0707. The first-order valence-electron chi connectivity index (χ1n) is 8.24. The summed E-state index contributed by atoms with van der Waals surface area (Å²) in [5.74, 6) is -1.18. The third-order valence-corrected chi connectivity index (χ3v) is 5.84. The Morgan fingerprint density at radius 1 is 0.643 bits per heavy atom. The van der Waals surface area contributed by atoms with Gasteiger partial charge in [0, 0.05) is 12.4 Å². The third-order valence-electron chi connectivity index (χ3n) is 4.79. The molecule has 0 aliphatic rings. The van der Waals surface area contributed by atoms with Crippen LogP contribution in [0.5, 0.6) is 0 Å². The number of nitrogens with zero attached hydrogens (tertiary/aromatic N) is 4. The summed E-state index contributed by atoms with van der Waals surface area (Å²) in [5.41, 5.74) is 2.85. The van der Waals surface area contributed by atoms with Crippen molar-refractivity contribution in [1.82, 2.24) is 27.5 Å². The molecule has 0 aliphatic heterocycles. The molecule has 0 atom stereocenters. The van der Waals surface area contributed by atoms with E-state index in [1.807, 2.05) is 0 Å². The molecule has 6 aromatic rings. The number of hydrogen-bond acceptors (Lipinski definition) is 6. The molecule has 0 aliphatic carbocycles. The Bertz CT molecular complexity index is 1370. The van der Waals surface area contributed by atoms with Gasteiger partial charge in [-0.15, -0.1) is 0 Å². The van der Waals surface area contributed by atoms with Gasteiger partial charge in [0.25, 0.3) is 0 Å². The van der Waals surface area contributed by atoms with Gasteiger partial charge in [0.1, 0.15) is 33.7 Å². The van der Waals surface area contributed by atoms with E-state index in [9.17, 15) is 0 Å². The van der Waals surface area contributed by atoms with Crippen molar-refractivity contribution in [3.8, 4) is 22.5 Å². The van der Waals surface area contributed by atoms with Crippen LogP contribution in [-0.4, -0.2) is 27.5 Å². The number of nitrogens with one attached hydrogen (secondary N) is 2. The maximum Gasteiger partial charge on any atom is 0.145 e. The minimum Gasteiger partial charge on any atom is -0.361 e. The smallest absolute Gasteiger partial charge is 0.145 e. The molecule has 6 rings (SSSR count). The number of halogens is 2. The average molecular weight is 410 g/mol.